The Hall–Kier alpha value is -2.06. The molecular formula is C12H11ClF3N5. The minimum absolute atomic E-state index is 0.00486. The van der Waals surface area contributed by atoms with Crippen molar-refractivity contribution in [3.05, 3.63) is 46.6 Å². The Bertz CT molecular complexity index is 633. The van der Waals surface area contributed by atoms with Gasteiger partial charge in [0.05, 0.1) is 0 Å². The molecule has 0 aliphatic carbocycles. The second kappa shape index (κ2) is 6.15. The van der Waals surface area contributed by atoms with Gasteiger partial charge in [-0.2, -0.15) is 18.2 Å². The number of hydrogen-bond acceptors (Lipinski definition) is 5. The van der Waals surface area contributed by atoms with Crippen molar-refractivity contribution < 1.29 is 13.2 Å². The van der Waals surface area contributed by atoms with Gasteiger partial charge in [0.15, 0.2) is 5.69 Å². The van der Waals surface area contributed by atoms with E-state index in [2.05, 4.69) is 15.3 Å². The number of nitrogen functional groups attached to an aromatic ring is 1. The summed E-state index contributed by atoms with van der Waals surface area (Å²) in [6.07, 6.45) is -4.58. The van der Waals surface area contributed by atoms with Crippen LogP contribution >= 0.6 is 11.6 Å². The highest BCUT2D eigenvalue weighted by Gasteiger charge is 2.33. The van der Waals surface area contributed by atoms with Crippen LogP contribution in [0.15, 0.2) is 30.3 Å². The van der Waals surface area contributed by atoms with Gasteiger partial charge in [0.25, 0.3) is 0 Å². The van der Waals surface area contributed by atoms with Crippen LogP contribution in [0.5, 0.6) is 0 Å². The zero-order chi connectivity index (χ0) is 15.5. The predicted molar refractivity (Wildman–Crippen MR) is 73.6 cm³/mol. The molecule has 0 unspecified atom stereocenters. The van der Waals surface area contributed by atoms with Crippen LogP contribution in [0.3, 0.4) is 0 Å². The van der Waals surface area contributed by atoms with E-state index < -0.39 is 11.9 Å². The molecule has 0 spiro atoms. The van der Waals surface area contributed by atoms with Crippen LogP contribution in [-0.4, -0.2) is 9.97 Å². The fourth-order valence-corrected chi connectivity index (χ4v) is 1.80. The van der Waals surface area contributed by atoms with Crippen molar-refractivity contribution in [1.82, 2.24) is 9.97 Å². The first-order valence-corrected chi connectivity index (χ1v) is 6.17. The topological polar surface area (TPSA) is 75.9 Å². The Kier molecular flexibility index (Phi) is 4.49. The van der Waals surface area contributed by atoms with Crippen molar-refractivity contribution in [2.24, 2.45) is 5.84 Å². The summed E-state index contributed by atoms with van der Waals surface area (Å²) in [4.78, 5) is 7.07. The molecular weight excluding hydrogens is 307 g/mol. The summed E-state index contributed by atoms with van der Waals surface area (Å²) >= 11 is 5.83. The highest BCUT2D eigenvalue weighted by molar-refractivity contribution is 6.30. The normalized spacial score (nSPS) is 11.3. The van der Waals surface area contributed by atoms with Crippen LogP contribution in [0.2, 0.25) is 5.02 Å². The van der Waals surface area contributed by atoms with E-state index in [1.807, 2.05) is 5.43 Å². The van der Waals surface area contributed by atoms with Crippen molar-refractivity contribution in [3.63, 3.8) is 0 Å². The summed E-state index contributed by atoms with van der Waals surface area (Å²) in [7, 11) is 0. The van der Waals surface area contributed by atoms with Gasteiger partial charge in [0.1, 0.15) is 5.82 Å². The fourth-order valence-electron chi connectivity index (χ4n) is 1.59. The van der Waals surface area contributed by atoms with E-state index in [9.17, 15) is 13.2 Å². The van der Waals surface area contributed by atoms with Gasteiger partial charge in [-0.1, -0.05) is 23.7 Å². The zero-order valence-electron chi connectivity index (χ0n) is 10.6. The number of halogens is 4. The Morgan fingerprint density at radius 2 is 1.95 bits per heavy atom. The number of alkyl halides is 3. The summed E-state index contributed by atoms with van der Waals surface area (Å²) in [5, 5.41) is 3.31. The number of aromatic nitrogens is 2. The Morgan fingerprint density at radius 3 is 2.57 bits per heavy atom. The minimum atomic E-state index is -4.58. The van der Waals surface area contributed by atoms with Crippen molar-refractivity contribution in [3.8, 4) is 0 Å². The number of anilines is 2. The third-order valence-corrected chi connectivity index (χ3v) is 2.74. The van der Waals surface area contributed by atoms with E-state index in [4.69, 9.17) is 17.4 Å². The lowest BCUT2D eigenvalue weighted by Gasteiger charge is -2.11. The van der Waals surface area contributed by atoms with E-state index in [-0.39, 0.29) is 18.3 Å². The lowest BCUT2D eigenvalue weighted by atomic mass is 10.2. The summed E-state index contributed by atoms with van der Waals surface area (Å²) in [6, 6.07) is 7.74. The van der Waals surface area contributed by atoms with E-state index in [1.165, 1.54) is 0 Å². The predicted octanol–water partition coefficient (Wildman–Crippen LogP) is 3.05. The van der Waals surface area contributed by atoms with Crippen LogP contribution in [0.25, 0.3) is 0 Å². The number of nitrogens with zero attached hydrogens (tertiary/aromatic N) is 2. The highest BCUT2D eigenvalue weighted by Crippen LogP contribution is 2.29. The van der Waals surface area contributed by atoms with Gasteiger partial charge in [0.2, 0.25) is 5.95 Å². The molecule has 1 aromatic carbocycles. The summed E-state index contributed by atoms with van der Waals surface area (Å²) < 4.78 is 38.1. The first-order chi connectivity index (χ1) is 9.88. The number of hydrazine groups is 1. The van der Waals surface area contributed by atoms with Crippen LogP contribution in [-0.2, 0) is 12.7 Å². The standard InChI is InChI=1S/C12H11ClF3N5/c13-8-3-1-2-7(4-8)6-18-10-5-9(12(14,15)16)19-11(20-10)21-17/h1-5H,6,17H2,(H2,18,19,20,21). The monoisotopic (exact) mass is 317 g/mol. The average molecular weight is 318 g/mol. The second-order valence-electron chi connectivity index (χ2n) is 4.09. The molecule has 0 bridgehead atoms. The van der Waals surface area contributed by atoms with E-state index in [1.54, 1.807) is 24.3 Å². The molecule has 2 aromatic rings. The van der Waals surface area contributed by atoms with Crippen molar-refractivity contribution >= 4 is 23.4 Å². The van der Waals surface area contributed by atoms with Gasteiger partial charge in [-0.05, 0) is 17.7 Å². The number of rotatable bonds is 4. The molecule has 5 nitrogen and oxygen atoms in total. The molecule has 112 valence electrons. The number of hydrogen-bond donors (Lipinski definition) is 3. The van der Waals surface area contributed by atoms with Crippen LogP contribution in [0.4, 0.5) is 24.9 Å². The molecule has 0 saturated heterocycles. The van der Waals surface area contributed by atoms with Gasteiger partial charge in [-0.25, -0.2) is 10.8 Å². The number of nitrogens with two attached hydrogens (primary N) is 1. The lowest BCUT2D eigenvalue weighted by Crippen LogP contribution is -2.16. The summed E-state index contributed by atoms with van der Waals surface area (Å²) in [5.74, 6) is 4.75. The van der Waals surface area contributed by atoms with Crippen LogP contribution < -0.4 is 16.6 Å². The van der Waals surface area contributed by atoms with Crippen molar-refractivity contribution in [2.75, 3.05) is 10.7 Å². The van der Waals surface area contributed by atoms with Crippen LogP contribution in [0.1, 0.15) is 11.3 Å². The van der Waals surface area contributed by atoms with Gasteiger partial charge >= 0.3 is 6.18 Å². The fraction of sp³-hybridized carbons (Fsp3) is 0.167. The maximum atomic E-state index is 12.7. The summed E-state index contributed by atoms with van der Waals surface area (Å²) in [5.41, 5.74) is 1.72. The molecule has 0 aliphatic rings. The Balaban J connectivity index is 2.19. The minimum Gasteiger partial charge on any atom is -0.366 e. The summed E-state index contributed by atoms with van der Waals surface area (Å²) in [6.45, 7) is 0.263. The number of nitrogens with one attached hydrogen (secondary N) is 2. The molecule has 2 rings (SSSR count). The molecule has 4 N–H and O–H groups in total. The largest absolute Gasteiger partial charge is 0.433 e. The molecule has 0 radical (unpaired) electrons. The van der Waals surface area contributed by atoms with Gasteiger partial charge in [-0.15, -0.1) is 0 Å². The first kappa shape index (κ1) is 15.3. The lowest BCUT2D eigenvalue weighted by molar-refractivity contribution is -0.141. The SMILES string of the molecule is NNc1nc(NCc2cccc(Cl)c2)cc(C(F)(F)F)n1. The number of benzene rings is 1. The first-order valence-electron chi connectivity index (χ1n) is 5.79. The van der Waals surface area contributed by atoms with E-state index in [0.29, 0.717) is 5.02 Å². The maximum absolute atomic E-state index is 12.7. The van der Waals surface area contributed by atoms with Crippen molar-refractivity contribution in [2.45, 2.75) is 12.7 Å². The molecule has 0 saturated carbocycles. The van der Waals surface area contributed by atoms with Gasteiger partial charge in [0, 0.05) is 17.6 Å². The van der Waals surface area contributed by atoms with Crippen LogP contribution in [0, 0.1) is 0 Å². The Labute approximate surface area is 123 Å². The van der Waals surface area contributed by atoms with Gasteiger partial charge < -0.3 is 5.32 Å². The second-order valence-corrected chi connectivity index (χ2v) is 4.52. The molecule has 1 aromatic heterocycles. The third-order valence-electron chi connectivity index (χ3n) is 2.51. The molecule has 0 atom stereocenters. The quantitative estimate of drug-likeness (QED) is 0.597. The van der Waals surface area contributed by atoms with Gasteiger partial charge in [-0.3, -0.25) is 5.43 Å². The zero-order valence-corrected chi connectivity index (χ0v) is 11.3. The van der Waals surface area contributed by atoms with E-state index >= 15 is 0 Å². The molecule has 21 heavy (non-hydrogen) atoms. The molecule has 0 fully saturated rings. The highest BCUT2D eigenvalue weighted by atomic mass is 35.5. The van der Waals surface area contributed by atoms with Crippen molar-refractivity contribution in [1.29, 1.82) is 0 Å². The maximum Gasteiger partial charge on any atom is 0.433 e. The Morgan fingerprint density at radius 1 is 1.19 bits per heavy atom. The molecule has 0 aliphatic heterocycles. The van der Waals surface area contributed by atoms with E-state index in [0.717, 1.165) is 11.6 Å². The molecule has 9 heteroatoms. The smallest absolute Gasteiger partial charge is 0.366 e. The third kappa shape index (κ3) is 4.20. The molecule has 1 heterocycles. The average Bonchev–Trinajstić information content (AvgIpc) is 2.44. The molecule has 0 amide bonds.